The summed E-state index contributed by atoms with van der Waals surface area (Å²) in [4.78, 5) is 4.23. The zero-order chi connectivity index (χ0) is 6.57. The molecule has 0 rings (SSSR count). The van der Waals surface area contributed by atoms with Gasteiger partial charge in [-0.15, -0.1) is 0 Å². The standard InChI is InChI=1S/C4H9F2NO/c1-3(4(5)6)7-8-2/h3-4,7H,1-2H3. The van der Waals surface area contributed by atoms with Gasteiger partial charge in [-0.2, -0.15) is 5.48 Å². The van der Waals surface area contributed by atoms with Gasteiger partial charge in [-0.3, -0.25) is 0 Å². The molecule has 0 saturated heterocycles. The molecule has 1 N–H and O–H groups in total. The summed E-state index contributed by atoms with van der Waals surface area (Å²) >= 11 is 0. The highest BCUT2D eigenvalue weighted by Crippen LogP contribution is 1.97. The van der Waals surface area contributed by atoms with E-state index in [9.17, 15) is 8.78 Å². The number of nitrogens with one attached hydrogen (secondary N) is 1. The quantitative estimate of drug-likeness (QED) is 0.563. The van der Waals surface area contributed by atoms with Crippen LogP contribution in [0.3, 0.4) is 0 Å². The molecular formula is C4H9F2NO. The summed E-state index contributed by atoms with van der Waals surface area (Å²) < 4.78 is 22.9. The van der Waals surface area contributed by atoms with Crippen LogP contribution in [0.1, 0.15) is 6.92 Å². The van der Waals surface area contributed by atoms with Crippen molar-refractivity contribution < 1.29 is 13.6 Å². The van der Waals surface area contributed by atoms with Crippen LogP contribution >= 0.6 is 0 Å². The normalized spacial score (nSPS) is 14.6. The maximum Gasteiger partial charge on any atom is 0.255 e. The summed E-state index contributed by atoms with van der Waals surface area (Å²) in [6.45, 7) is 1.34. The van der Waals surface area contributed by atoms with Gasteiger partial charge in [0.25, 0.3) is 6.43 Å². The van der Waals surface area contributed by atoms with Gasteiger partial charge in [0.05, 0.1) is 13.2 Å². The molecule has 0 radical (unpaired) electrons. The van der Waals surface area contributed by atoms with Crippen LogP contribution in [0.2, 0.25) is 0 Å². The fourth-order valence-corrected chi connectivity index (χ4v) is 0.237. The monoisotopic (exact) mass is 125 g/mol. The molecule has 0 fully saturated rings. The lowest BCUT2D eigenvalue weighted by molar-refractivity contribution is -0.00103. The number of hydroxylamine groups is 1. The van der Waals surface area contributed by atoms with E-state index in [0.29, 0.717) is 0 Å². The summed E-state index contributed by atoms with van der Waals surface area (Å²) in [6, 6.07) is -0.889. The van der Waals surface area contributed by atoms with Gasteiger partial charge < -0.3 is 4.84 Å². The lowest BCUT2D eigenvalue weighted by atomic mass is 10.4. The van der Waals surface area contributed by atoms with Gasteiger partial charge in [-0.05, 0) is 6.92 Å². The Morgan fingerprint density at radius 3 is 2.12 bits per heavy atom. The molecule has 0 amide bonds. The fourth-order valence-electron chi connectivity index (χ4n) is 0.237. The third kappa shape index (κ3) is 2.87. The van der Waals surface area contributed by atoms with E-state index in [1.807, 2.05) is 0 Å². The summed E-state index contributed by atoms with van der Waals surface area (Å²) in [5.74, 6) is 0. The van der Waals surface area contributed by atoms with E-state index < -0.39 is 12.5 Å². The van der Waals surface area contributed by atoms with Crippen LogP contribution in [0, 0.1) is 0 Å². The van der Waals surface area contributed by atoms with Crippen LogP contribution in [-0.4, -0.2) is 19.6 Å². The van der Waals surface area contributed by atoms with Crippen LogP contribution in [0.5, 0.6) is 0 Å². The average molecular weight is 125 g/mol. The molecular weight excluding hydrogens is 116 g/mol. The minimum atomic E-state index is -2.37. The largest absolute Gasteiger partial charge is 0.305 e. The highest BCUT2D eigenvalue weighted by atomic mass is 19.3. The lowest BCUT2D eigenvalue weighted by Gasteiger charge is -2.08. The van der Waals surface area contributed by atoms with Crippen LogP contribution in [0.15, 0.2) is 0 Å². The lowest BCUT2D eigenvalue weighted by Crippen LogP contribution is -2.31. The van der Waals surface area contributed by atoms with Crippen molar-refractivity contribution in [2.75, 3.05) is 7.11 Å². The highest BCUT2D eigenvalue weighted by molar-refractivity contribution is 4.54. The maximum atomic E-state index is 11.5. The fraction of sp³-hybridized carbons (Fsp3) is 1.00. The van der Waals surface area contributed by atoms with Crippen molar-refractivity contribution in [2.45, 2.75) is 19.4 Å². The van der Waals surface area contributed by atoms with Gasteiger partial charge in [0, 0.05) is 0 Å². The minimum absolute atomic E-state index is 0.889. The molecule has 0 spiro atoms. The van der Waals surface area contributed by atoms with Gasteiger partial charge >= 0.3 is 0 Å². The predicted molar refractivity (Wildman–Crippen MR) is 25.6 cm³/mol. The molecule has 0 aliphatic carbocycles. The second-order valence-electron chi connectivity index (χ2n) is 1.45. The van der Waals surface area contributed by atoms with Gasteiger partial charge in [-0.25, -0.2) is 8.78 Å². The summed E-state index contributed by atoms with van der Waals surface area (Å²) in [5, 5.41) is 0. The predicted octanol–water partition coefficient (Wildman–Crippen LogP) is 0.791. The summed E-state index contributed by atoms with van der Waals surface area (Å²) in [6.07, 6.45) is -2.37. The van der Waals surface area contributed by atoms with Gasteiger partial charge in [0.1, 0.15) is 0 Å². The van der Waals surface area contributed by atoms with E-state index in [-0.39, 0.29) is 0 Å². The first-order valence-electron chi connectivity index (χ1n) is 2.25. The van der Waals surface area contributed by atoms with E-state index in [4.69, 9.17) is 0 Å². The van der Waals surface area contributed by atoms with E-state index >= 15 is 0 Å². The third-order valence-electron chi connectivity index (χ3n) is 0.682. The Hall–Kier alpha value is -0.220. The number of hydrogen-bond donors (Lipinski definition) is 1. The highest BCUT2D eigenvalue weighted by Gasteiger charge is 2.12. The second-order valence-corrected chi connectivity index (χ2v) is 1.45. The molecule has 0 bridgehead atoms. The first kappa shape index (κ1) is 7.78. The van der Waals surface area contributed by atoms with Crippen LogP contribution < -0.4 is 5.48 Å². The van der Waals surface area contributed by atoms with Crippen molar-refractivity contribution in [3.63, 3.8) is 0 Å². The maximum absolute atomic E-state index is 11.5. The van der Waals surface area contributed by atoms with Crippen molar-refractivity contribution in [3.05, 3.63) is 0 Å². The van der Waals surface area contributed by atoms with Crippen molar-refractivity contribution in [1.82, 2.24) is 5.48 Å². The average Bonchev–Trinajstić information content (AvgIpc) is 1.67. The first-order chi connectivity index (χ1) is 3.68. The minimum Gasteiger partial charge on any atom is -0.305 e. The molecule has 4 heteroatoms. The zero-order valence-corrected chi connectivity index (χ0v) is 4.82. The molecule has 0 heterocycles. The molecule has 0 aromatic rings. The van der Waals surface area contributed by atoms with E-state index in [2.05, 4.69) is 10.3 Å². The van der Waals surface area contributed by atoms with Gasteiger partial charge in [0.15, 0.2) is 0 Å². The topological polar surface area (TPSA) is 21.3 Å². The molecule has 0 saturated carbocycles. The van der Waals surface area contributed by atoms with Crippen LogP contribution in [-0.2, 0) is 4.84 Å². The van der Waals surface area contributed by atoms with E-state index in [1.54, 1.807) is 0 Å². The van der Waals surface area contributed by atoms with E-state index in [0.717, 1.165) is 0 Å². The third-order valence-corrected chi connectivity index (χ3v) is 0.682. The SMILES string of the molecule is CONC(C)C(F)F. The van der Waals surface area contributed by atoms with Gasteiger partial charge in [-0.1, -0.05) is 0 Å². The Kier molecular flexibility index (Phi) is 3.64. The smallest absolute Gasteiger partial charge is 0.255 e. The Morgan fingerprint density at radius 1 is 1.50 bits per heavy atom. The van der Waals surface area contributed by atoms with Gasteiger partial charge in [0.2, 0.25) is 0 Å². The number of hydrogen-bond acceptors (Lipinski definition) is 2. The molecule has 50 valence electrons. The first-order valence-corrected chi connectivity index (χ1v) is 2.25. The molecule has 0 aromatic carbocycles. The van der Waals surface area contributed by atoms with E-state index in [1.165, 1.54) is 14.0 Å². The zero-order valence-electron chi connectivity index (χ0n) is 4.82. The Morgan fingerprint density at radius 2 is 2.00 bits per heavy atom. The Balaban J connectivity index is 3.17. The molecule has 0 aromatic heterocycles. The molecule has 8 heavy (non-hydrogen) atoms. The summed E-state index contributed by atoms with van der Waals surface area (Å²) in [5.41, 5.74) is 2.09. The Bertz CT molecular complexity index is 60.0. The Labute approximate surface area is 46.8 Å². The van der Waals surface area contributed by atoms with Crippen molar-refractivity contribution >= 4 is 0 Å². The molecule has 2 nitrogen and oxygen atoms in total. The van der Waals surface area contributed by atoms with Crippen molar-refractivity contribution in [2.24, 2.45) is 0 Å². The van der Waals surface area contributed by atoms with Crippen LogP contribution in [0.4, 0.5) is 8.78 Å². The molecule has 1 atom stereocenters. The number of alkyl halides is 2. The summed E-state index contributed by atoms with van der Waals surface area (Å²) in [7, 11) is 1.30. The molecule has 0 aliphatic rings. The molecule has 0 aliphatic heterocycles. The number of rotatable bonds is 3. The van der Waals surface area contributed by atoms with Crippen molar-refractivity contribution in [1.29, 1.82) is 0 Å². The second kappa shape index (κ2) is 3.74. The molecule has 1 unspecified atom stereocenters. The van der Waals surface area contributed by atoms with Crippen molar-refractivity contribution in [3.8, 4) is 0 Å². The number of halogens is 2. The van der Waals surface area contributed by atoms with Crippen LogP contribution in [0.25, 0.3) is 0 Å².